The number of anilines is 3. The molecule has 0 spiro atoms. The first-order valence-electron chi connectivity index (χ1n) is 7.97. The molecular weight excluding hydrogens is 272 g/mol. The first kappa shape index (κ1) is 16.3. The maximum atomic E-state index is 4.56. The molecule has 0 aliphatic carbocycles. The number of aryl methyl sites for hydroxylation is 1. The predicted molar refractivity (Wildman–Crippen MR) is 94.0 cm³/mol. The Kier molecular flexibility index (Phi) is 5.36. The van der Waals surface area contributed by atoms with Gasteiger partial charge in [0.25, 0.3) is 0 Å². The Labute approximate surface area is 133 Å². The van der Waals surface area contributed by atoms with Crippen molar-refractivity contribution in [2.45, 2.75) is 53.0 Å². The fourth-order valence-corrected chi connectivity index (χ4v) is 2.31. The third-order valence-corrected chi connectivity index (χ3v) is 3.83. The largest absolute Gasteiger partial charge is 0.367 e. The van der Waals surface area contributed by atoms with Crippen molar-refractivity contribution in [3.63, 3.8) is 0 Å². The highest BCUT2D eigenvalue weighted by Crippen LogP contribution is 2.29. The molecule has 2 aromatic rings. The minimum Gasteiger partial charge on any atom is -0.367 e. The van der Waals surface area contributed by atoms with E-state index in [0.29, 0.717) is 17.9 Å². The quantitative estimate of drug-likeness (QED) is 0.799. The fourth-order valence-electron chi connectivity index (χ4n) is 2.31. The summed E-state index contributed by atoms with van der Waals surface area (Å²) in [5.74, 6) is 1.93. The van der Waals surface area contributed by atoms with Crippen LogP contribution in [0.15, 0.2) is 30.5 Å². The smallest absolute Gasteiger partial charge is 0.229 e. The van der Waals surface area contributed by atoms with Crippen LogP contribution in [0.5, 0.6) is 0 Å². The third kappa shape index (κ3) is 3.97. The zero-order valence-corrected chi connectivity index (χ0v) is 14.1. The van der Waals surface area contributed by atoms with E-state index in [9.17, 15) is 0 Å². The zero-order valence-electron chi connectivity index (χ0n) is 14.1. The molecule has 2 rings (SSSR count). The van der Waals surface area contributed by atoms with Crippen LogP contribution in [0.4, 0.5) is 17.5 Å². The van der Waals surface area contributed by atoms with Crippen LogP contribution in [-0.2, 0) is 0 Å². The number of rotatable bonds is 6. The lowest BCUT2D eigenvalue weighted by Gasteiger charge is -2.17. The molecular formula is C18H26N4. The van der Waals surface area contributed by atoms with E-state index in [-0.39, 0.29) is 0 Å². The molecule has 1 aromatic carbocycles. The summed E-state index contributed by atoms with van der Waals surface area (Å²) in [6, 6.07) is 8.65. The summed E-state index contributed by atoms with van der Waals surface area (Å²) in [6.07, 6.45) is 2.84. The number of benzene rings is 1. The number of para-hydroxylation sites is 1. The molecule has 1 heterocycles. The maximum Gasteiger partial charge on any atom is 0.229 e. The molecule has 0 saturated carbocycles. The highest BCUT2D eigenvalue weighted by Gasteiger charge is 2.11. The van der Waals surface area contributed by atoms with E-state index in [0.717, 1.165) is 17.9 Å². The van der Waals surface area contributed by atoms with Crippen molar-refractivity contribution in [1.29, 1.82) is 0 Å². The number of nitrogens with zero attached hydrogens (tertiary/aromatic N) is 2. The van der Waals surface area contributed by atoms with E-state index in [2.05, 4.69) is 73.4 Å². The lowest BCUT2D eigenvalue weighted by atomic mass is 9.98. The van der Waals surface area contributed by atoms with Crippen LogP contribution >= 0.6 is 0 Å². The van der Waals surface area contributed by atoms with Gasteiger partial charge < -0.3 is 10.6 Å². The van der Waals surface area contributed by atoms with Gasteiger partial charge in [-0.2, -0.15) is 4.98 Å². The first-order valence-corrected chi connectivity index (χ1v) is 7.97. The van der Waals surface area contributed by atoms with Gasteiger partial charge in [-0.25, -0.2) is 4.98 Å². The highest BCUT2D eigenvalue weighted by molar-refractivity contribution is 5.64. The third-order valence-electron chi connectivity index (χ3n) is 3.83. The Hall–Kier alpha value is -2.10. The van der Waals surface area contributed by atoms with Gasteiger partial charge in [-0.3, -0.25) is 0 Å². The molecule has 1 unspecified atom stereocenters. The van der Waals surface area contributed by atoms with Gasteiger partial charge in [0.15, 0.2) is 0 Å². The standard InChI is InChI=1S/C18H26N4/c1-6-14(5)20-16-10-11-19-18(21-16)22-17-13(4)8-7-9-15(17)12(2)3/h7-12,14H,6H2,1-5H3,(H2,19,20,21,22). The van der Waals surface area contributed by atoms with Crippen molar-refractivity contribution in [2.75, 3.05) is 10.6 Å². The minimum absolute atomic E-state index is 0.396. The lowest BCUT2D eigenvalue weighted by molar-refractivity contribution is 0.758. The Morgan fingerprint density at radius 3 is 2.59 bits per heavy atom. The second kappa shape index (κ2) is 7.25. The molecule has 2 N–H and O–H groups in total. The fraction of sp³-hybridized carbons (Fsp3) is 0.444. The summed E-state index contributed by atoms with van der Waals surface area (Å²) in [7, 11) is 0. The van der Waals surface area contributed by atoms with Crippen LogP contribution < -0.4 is 10.6 Å². The van der Waals surface area contributed by atoms with Gasteiger partial charge in [-0.05, 0) is 43.4 Å². The van der Waals surface area contributed by atoms with Gasteiger partial charge in [0.1, 0.15) is 5.82 Å². The average Bonchev–Trinajstić information content (AvgIpc) is 2.49. The second-order valence-corrected chi connectivity index (χ2v) is 6.04. The van der Waals surface area contributed by atoms with Crippen molar-refractivity contribution in [3.8, 4) is 0 Å². The van der Waals surface area contributed by atoms with Gasteiger partial charge in [0.2, 0.25) is 5.95 Å². The molecule has 0 fully saturated rings. The molecule has 0 saturated heterocycles. The second-order valence-electron chi connectivity index (χ2n) is 6.04. The highest BCUT2D eigenvalue weighted by atomic mass is 15.1. The van der Waals surface area contributed by atoms with Crippen LogP contribution in [0.1, 0.15) is 51.2 Å². The Balaban J connectivity index is 2.26. The lowest BCUT2D eigenvalue weighted by Crippen LogP contribution is -2.15. The van der Waals surface area contributed by atoms with E-state index in [1.807, 2.05) is 6.07 Å². The van der Waals surface area contributed by atoms with Gasteiger partial charge in [0.05, 0.1) is 0 Å². The van der Waals surface area contributed by atoms with Gasteiger partial charge in [-0.1, -0.05) is 39.0 Å². The van der Waals surface area contributed by atoms with E-state index in [1.165, 1.54) is 11.1 Å². The summed E-state index contributed by atoms with van der Waals surface area (Å²) in [5, 5.41) is 6.77. The predicted octanol–water partition coefficient (Wildman–Crippen LogP) is 4.86. The molecule has 0 radical (unpaired) electrons. The summed E-state index contributed by atoms with van der Waals surface area (Å²) in [5.41, 5.74) is 3.59. The number of nitrogens with one attached hydrogen (secondary N) is 2. The molecule has 1 aromatic heterocycles. The Morgan fingerprint density at radius 2 is 1.91 bits per heavy atom. The van der Waals surface area contributed by atoms with Crippen LogP contribution in [0.25, 0.3) is 0 Å². The molecule has 22 heavy (non-hydrogen) atoms. The van der Waals surface area contributed by atoms with Crippen LogP contribution in [-0.4, -0.2) is 16.0 Å². The molecule has 0 amide bonds. The van der Waals surface area contributed by atoms with E-state index in [4.69, 9.17) is 0 Å². The van der Waals surface area contributed by atoms with Crippen molar-refractivity contribution >= 4 is 17.5 Å². The van der Waals surface area contributed by atoms with Gasteiger partial charge in [-0.15, -0.1) is 0 Å². The number of hydrogen-bond acceptors (Lipinski definition) is 4. The summed E-state index contributed by atoms with van der Waals surface area (Å²) in [4.78, 5) is 8.91. The van der Waals surface area contributed by atoms with E-state index < -0.39 is 0 Å². The van der Waals surface area contributed by atoms with Crippen molar-refractivity contribution < 1.29 is 0 Å². The number of hydrogen-bond donors (Lipinski definition) is 2. The molecule has 0 aliphatic heterocycles. The zero-order chi connectivity index (χ0) is 16.1. The van der Waals surface area contributed by atoms with Gasteiger partial charge in [0, 0.05) is 17.9 Å². The topological polar surface area (TPSA) is 49.8 Å². The SMILES string of the molecule is CCC(C)Nc1ccnc(Nc2c(C)cccc2C(C)C)n1. The normalized spacial score (nSPS) is 12.3. The summed E-state index contributed by atoms with van der Waals surface area (Å²) >= 11 is 0. The first-order chi connectivity index (χ1) is 10.5. The number of aromatic nitrogens is 2. The minimum atomic E-state index is 0.396. The molecule has 1 atom stereocenters. The van der Waals surface area contributed by atoms with Gasteiger partial charge >= 0.3 is 0 Å². The monoisotopic (exact) mass is 298 g/mol. The van der Waals surface area contributed by atoms with Crippen molar-refractivity contribution in [1.82, 2.24) is 9.97 Å². The van der Waals surface area contributed by atoms with Crippen LogP contribution in [0, 0.1) is 6.92 Å². The Morgan fingerprint density at radius 1 is 1.14 bits per heavy atom. The van der Waals surface area contributed by atoms with Crippen LogP contribution in [0.3, 0.4) is 0 Å². The van der Waals surface area contributed by atoms with Crippen molar-refractivity contribution in [2.24, 2.45) is 0 Å². The molecule has 4 nitrogen and oxygen atoms in total. The molecule has 0 bridgehead atoms. The van der Waals surface area contributed by atoms with Crippen molar-refractivity contribution in [3.05, 3.63) is 41.6 Å². The molecule has 4 heteroatoms. The average molecular weight is 298 g/mol. The Bertz CT molecular complexity index is 622. The van der Waals surface area contributed by atoms with E-state index >= 15 is 0 Å². The summed E-state index contributed by atoms with van der Waals surface area (Å²) in [6.45, 7) is 10.8. The van der Waals surface area contributed by atoms with E-state index in [1.54, 1.807) is 6.20 Å². The van der Waals surface area contributed by atoms with Crippen LogP contribution in [0.2, 0.25) is 0 Å². The molecule has 0 aliphatic rings. The molecule has 118 valence electrons. The maximum absolute atomic E-state index is 4.56. The summed E-state index contributed by atoms with van der Waals surface area (Å²) < 4.78 is 0.